The van der Waals surface area contributed by atoms with Crippen LogP contribution in [-0.2, 0) is 19.6 Å². The van der Waals surface area contributed by atoms with Crippen molar-refractivity contribution in [1.29, 1.82) is 0 Å². The lowest BCUT2D eigenvalue weighted by atomic mass is 9.96. The van der Waals surface area contributed by atoms with Crippen LogP contribution in [0.15, 0.2) is 29.2 Å². The van der Waals surface area contributed by atoms with Gasteiger partial charge in [-0.1, -0.05) is 12.1 Å². The van der Waals surface area contributed by atoms with E-state index >= 15 is 0 Å². The molecule has 0 spiro atoms. The van der Waals surface area contributed by atoms with Crippen LogP contribution in [0.3, 0.4) is 0 Å². The third kappa shape index (κ3) is 3.60. The fourth-order valence-corrected chi connectivity index (χ4v) is 3.37. The van der Waals surface area contributed by atoms with Gasteiger partial charge in [0.15, 0.2) is 0 Å². The molecule has 1 fully saturated rings. The van der Waals surface area contributed by atoms with Gasteiger partial charge < -0.3 is 4.90 Å². The van der Waals surface area contributed by atoms with E-state index in [-0.39, 0.29) is 17.2 Å². The Hall–Kier alpha value is -1.89. The van der Waals surface area contributed by atoms with E-state index in [0.29, 0.717) is 13.0 Å². The Kier molecular flexibility index (Phi) is 4.32. The van der Waals surface area contributed by atoms with Gasteiger partial charge in [-0.25, -0.2) is 13.1 Å². The van der Waals surface area contributed by atoms with Crippen LogP contribution < -0.4 is 4.72 Å². The molecule has 1 unspecified atom stereocenters. The lowest BCUT2D eigenvalue weighted by Crippen LogP contribution is -2.43. The number of amides is 2. The molecule has 0 saturated carbocycles. The monoisotopic (exact) mass is 310 g/mol. The van der Waals surface area contributed by atoms with Crippen molar-refractivity contribution in [3.8, 4) is 0 Å². The number of carbonyl (C=O) groups is 2. The molecule has 1 aliphatic rings. The van der Waals surface area contributed by atoms with Crippen LogP contribution >= 0.6 is 0 Å². The van der Waals surface area contributed by atoms with Crippen LogP contribution in [0.4, 0.5) is 0 Å². The molecule has 1 aliphatic heterocycles. The van der Waals surface area contributed by atoms with E-state index in [0.717, 1.165) is 5.56 Å². The maximum absolute atomic E-state index is 12.2. The van der Waals surface area contributed by atoms with E-state index in [4.69, 9.17) is 0 Å². The van der Waals surface area contributed by atoms with Crippen molar-refractivity contribution >= 4 is 21.8 Å². The first-order valence-corrected chi connectivity index (χ1v) is 8.15. The predicted octanol–water partition coefficient (Wildman–Crippen LogP) is 0.668. The summed E-state index contributed by atoms with van der Waals surface area (Å²) in [5.74, 6) is -1.35. The Bertz CT molecular complexity index is 669. The van der Waals surface area contributed by atoms with Crippen LogP contribution in [-0.4, -0.2) is 38.7 Å². The first kappa shape index (κ1) is 15.5. The van der Waals surface area contributed by atoms with Crippen molar-refractivity contribution in [3.05, 3.63) is 29.8 Å². The predicted molar refractivity (Wildman–Crippen MR) is 76.9 cm³/mol. The molecule has 0 aliphatic carbocycles. The van der Waals surface area contributed by atoms with Crippen LogP contribution in [0.2, 0.25) is 0 Å². The van der Waals surface area contributed by atoms with E-state index in [1.165, 1.54) is 12.1 Å². The van der Waals surface area contributed by atoms with Gasteiger partial charge in [-0.05, 0) is 31.0 Å². The summed E-state index contributed by atoms with van der Waals surface area (Å²) >= 11 is 0. The van der Waals surface area contributed by atoms with Crippen molar-refractivity contribution in [1.82, 2.24) is 9.62 Å². The maximum atomic E-state index is 12.2. The fourth-order valence-electron chi connectivity index (χ4n) is 2.22. The molecule has 1 aromatic rings. The molecule has 6 nitrogen and oxygen atoms in total. The summed E-state index contributed by atoms with van der Waals surface area (Å²) in [6.07, 6.45) is 0.517. The lowest BCUT2D eigenvalue weighted by Gasteiger charge is -2.27. The van der Waals surface area contributed by atoms with E-state index in [2.05, 4.69) is 4.72 Å². The number of nitrogens with zero attached hydrogens (tertiary/aromatic N) is 1. The molecular weight excluding hydrogens is 292 g/mol. The molecule has 1 N–H and O–H groups in total. The topological polar surface area (TPSA) is 83.6 Å². The molecule has 114 valence electrons. The molecule has 7 heteroatoms. The number of rotatable bonds is 3. The molecule has 0 aromatic heterocycles. The van der Waals surface area contributed by atoms with Crippen molar-refractivity contribution in [2.24, 2.45) is 5.92 Å². The van der Waals surface area contributed by atoms with Crippen molar-refractivity contribution < 1.29 is 18.0 Å². The number of aryl methyl sites for hydroxylation is 1. The van der Waals surface area contributed by atoms with Gasteiger partial charge in [0.25, 0.3) is 10.0 Å². The van der Waals surface area contributed by atoms with Crippen LogP contribution in [0.5, 0.6) is 0 Å². The van der Waals surface area contributed by atoms with Gasteiger partial charge in [0.1, 0.15) is 0 Å². The highest BCUT2D eigenvalue weighted by atomic mass is 32.2. The maximum Gasteiger partial charge on any atom is 0.264 e. The number of benzene rings is 1. The Morgan fingerprint density at radius 3 is 2.71 bits per heavy atom. The van der Waals surface area contributed by atoms with E-state index in [1.54, 1.807) is 31.0 Å². The number of hydrogen-bond acceptors (Lipinski definition) is 4. The number of likely N-dealkylation sites (tertiary alicyclic amines) is 1. The number of nitrogens with one attached hydrogen (secondary N) is 1. The summed E-state index contributed by atoms with van der Waals surface area (Å²) in [5, 5.41) is 0. The van der Waals surface area contributed by atoms with Gasteiger partial charge >= 0.3 is 0 Å². The average molecular weight is 310 g/mol. The molecule has 1 saturated heterocycles. The smallest absolute Gasteiger partial charge is 0.264 e. The third-order valence-corrected chi connectivity index (χ3v) is 4.91. The zero-order valence-electron chi connectivity index (χ0n) is 12.0. The standard InChI is InChI=1S/C14H18N2O4S/c1-10-4-3-5-12(8-10)21(19,20)15-14(18)11-6-7-16(2)13(17)9-11/h3-5,8,11H,6-7,9H2,1-2H3,(H,15,18). The van der Waals surface area contributed by atoms with Gasteiger partial charge in [0.2, 0.25) is 11.8 Å². The molecule has 1 aromatic carbocycles. The van der Waals surface area contributed by atoms with Gasteiger partial charge in [-0.15, -0.1) is 0 Å². The average Bonchev–Trinajstić information content (AvgIpc) is 2.41. The largest absolute Gasteiger partial charge is 0.346 e. The van der Waals surface area contributed by atoms with Crippen molar-refractivity contribution in [3.63, 3.8) is 0 Å². The van der Waals surface area contributed by atoms with E-state index < -0.39 is 21.8 Å². The third-order valence-electron chi connectivity index (χ3n) is 3.57. The summed E-state index contributed by atoms with van der Waals surface area (Å²) in [7, 11) is -2.22. The second-order valence-corrected chi connectivity index (χ2v) is 6.97. The SMILES string of the molecule is Cc1cccc(S(=O)(=O)NC(=O)C2CCN(C)C(=O)C2)c1. The molecular formula is C14H18N2O4S. The molecule has 1 atom stereocenters. The lowest BCUT2D eigenvalue weighted by molar-refractivity contribution is -0.138. The number of piperidine rings is 1. The van der Waals surface area contributed by atoms with Gasteiger partial charge in [0, 0.05) is 25.9 Å². The highest BCUT2D eigenvalue weighted by Crippen LogP contribution is 2.19. The summed E-state index contributed by atoms with van der Waals surface area (Å²) < 4.78 is 26.4. The van der Waals surface area contributed by atoms with Crippen molar-refractivity contribution in [2.45, 2.75) is 24.7 Å². The highest BCUT2D eigenvalue weighted by molar-refractivity contribution is 7.90. The minimum atomic E-state index is -3.89. The minimum Gasteiger partial charge on any atom is -0.346 e. The van der Waals surface area contributed by atoms with Crippen LogP contribution in [0, 0.1) is 12.8 Å². The minimum absolute atomic E-state index is 0.0473. The highest BCUT2D eigenvalue weighted by Gasteiger charge is 2.31. The first-order chi connectivity index (χ1) is 9.79. The number of sulfonamides is 1. The van der Waals surface area contributed by atoms with Gasteiger partial charge in [-0.2, -0.15) is 0 Å². The number of hydrogen-bond donors (Lipinski definition) is 1. The zero-order valence-corrected chi connectivity index (χ0v) is 12.8. The van der Waals surface area contributed by atoms with E-state index in [1.807, 2.05) is 0 Å². The van der Waals surface area contributed by atoms with Crippen LogP contribution in [0.1, 0.15) is 18.4 Å². The zero-order chi connectivity index (χ0) is 15.6. The van der Waals surface area contributed by atoms with Crippen LogP contribution in [0.25, 0.3) is 0 Å². The molecule has 2 rings (SSSR count). The molecule has 21 heavy (non-hydrogen) atoms. The first-order valence-electron chi connectivity index (χ1n) is 6.67. The Labute approximate surface area is 124 Å². The summed E-state index contributed by atoms with van der Waals surface area (Å²) in [6, 6.07) is 6.32. The summed E-state index contributed by atoms with van der Waals surface area (Å²) in [5.41, 5.74) is 0.791. The molecule has 0 bridgehead atoms. The summed E-state index contributed by atoms with van der Waals surface area (Å²) in [4.78, 5) is 25.2. The normalized spacial score (nSPS) is 19.4. The Balaban J connectivity index is 2.10. The fraction of sp³-hybridized carbons (Fsp3) is 0.429. The van der Waals surface area contributed by atoms with E-state index in [9.17, 15) is 18.0 Å². The number of carbonyl (C=O) groups excluding carboxylic acids is 2. The quantitative estimate of drug-likeness (QED) is 0.889. The van der Waals surface area contributed by atoms with Gasteiger partial charge in [0.05, 0.1) is 4.90 Å². The second-order valence-electron chi connectivity index (χ2n) is 5.29. The Morgan fingerprint density at radius 2 is 2.10 bits per heavy atom. The van der Waals surface area contributed by atoms with Crippen molar-refractivity contribution in [2.75, 3.05) is 13.6 Å². The molecule has 2 amide bonds. The Morgan fingerprint density at radius 1 is 1.38 bits per heavy atom. The second kappa shape index (κ2) is 5.85. The summed E-state index contributed by atoms with van der Waals surface area (Å²) in [6.45, 7) is 2.23. The molecule has 0 radical (unpaired) electrons. The van der Waals surface area contributed by atoms with Gasteiger partial charge in [-0.3, -0.25) is 9.59 Å². The molecule has 1 heterocycles.